The van der Waals surface area contributed by atoms with Gasteiger partial charge in [0.1, 0.15) is 0 Å². The van der Waals surface area contributed by atoms with E-state index in [1.165, 1.54) is 18.2 Å². The van der Waals surface area contributed by atoms with Crippen LogP contribution in [0.15, 0.2) is 30.3 Å². The molecule has 0 heterocycles. The fourth-order valence-corrected chi connectivity index (χ4v) is 1.42. The molecule has 1 aromatic carbocycles. The van der Waals surface area contributed by atoms with Crippen LogP contribution in [0.5, 0.6) is 0 Å². The second kappa shape index (κ2) is 4.26. The van der Waals surface area contributed by atoms with Crippen molar-refractivity contribution in [2.24, 2.45) is 5.92 Å². The highest BCUT2D eigenvalue weighted by atomic mass is 16.6. The predicted octanol–water partition coefficient (Wildman–Crippen LogP) is 2.59. The summed E-state index contributed by atoms with van der Waals surface area (Å²) in [7, 11) is 0. The molecule has 1 fully saturated rings. The third-order valence-electron chi connectivity index (χ3n) is 2.50. The molecule has 4 heteroatoms. The smallest absolute Gasteiger partial charge is 0.270 e. The molecule has 0 saturated heterocycles. The quantitative estimate of drug-likeness (QED) is 0.442. The minimum atomic E-state index is -0.444. The largest absolute Gasteiger partial charge is 0.295 e. The number of hydrogen-bond acceptors (Lipinski definition) is 3. The van der Waals surface area contributed by atoms with Gasteiger partial charge < -0.3 is 0 Å². The molecule has 0 radical (unpaired) electrons. The molecule has 0 aliphatic heterocycles. The summed E-state index contributed by atoms with van der Waals surface area (Å²) in [6, 6.07) is 6.24. The molecule has 0 bridgehead atoms. The lowest BCUT2D eigenvalue weighted by molar-refractivity contribution is -0.384. The summed E-state index contributed by atoms with van der Waals surface area (Å²) >= 11 is 0. The Morgan fingerprint density at radius 1 is 1.44 bits per heavy atom. The van der Waals surface area contributed by atoms with Crippen LogP contribution in [0.2, 0.25) is 0 Å². The maximum Gasteiger partial charge on any atom is 0.270 e. The van der Waals surface area contributed by atoms with E-state index in [-0.39, 0.29) is 17.4 Å². The fourth-order valence-electron chi connectivity index (χ4n) is 1.42. The Morgan fingerprint density at radius 3 is 2.81 bits per heavy atom. The van der Waals surface area contributed by atoms with Gasteiger partial charge in [-0.3, -0.25) is 14.9 Å². The van der Waals surface area contributed by atoms with E-state index in [9.17, 15) is 14.9 Å². The number of allylic oxidation sites excluding steroid dienone is 1. The number of carbonyl (C=O) groups is 1. The van der Waals surface area contributed by atoms with E-state index in [2.05, 4.69) is 0 Å². The molecule has 0 spiro atoms. The molecule has 0 N–H and O–H groups in total. The van der Waals surface area contributed by atoms with E-state index in [4.69, 9.17) is 0 Å². The number of ketones is 1. The molecular formula is C12H11NO3. The van der Waals surface area contributed by atoms with Crippen molar-refractivity contribution in [3.63, 3.8) is 0 Å². The first kappa shape index (κ1) is 10.5. The van der Waals surface area contributed by atoms with E-state index in [1.54, 1.807) is 18.2 Å². The van der Waals surface area contributed by atoms with Crippen molar-refractivity contribution >= 4 is 17.5 Å². The molecule has 82 valence electrons. The number of nitro groups is 1. The van der Waals surface area contributed by atoms with Crippen LogP contribution in [-0.2, 0) is 4.79 Å². The second-order valence-corrected chi connectivity index (χ2v) is 3.86. The maximum atomic E-state index is 11.4. The Labute approximate surface area is 92.7 Å². The Morgan fingerprint density at radius 2 is 2.19 bits per heavy atom. The molecule has 16 heavy (non-hydrogen) atoms. The summed E-state index contributed by atoms with van der Waals surface area (Å²) in [4.78, 5) is 21.5. The maximum absolute atomic E-state index is 11.4. The Bertz CT molecular complexity index is 461. The Hall–Kier alpha value is -1.97. The molecule has 0 amide bonds. The van der Waals surface area contributed by atoms with Gasteiger partial charge in [-0.1, -0.05) is 18.2 Å². The van der Waals surface area contributed by atoms with Gasteiger partial charge in [-0.05, 0) is 24.5 Å². The van der Waals surface area contributed by atoms with Gasteiger partial charge >= 0.3 is 0 Å². The number of hydrogen-bond donors (Lipinski definition) is 0. The Kier molecular flexibility index (Phi) is 2.81. The number of non-ortho nitro benzene ring substituents is 1. The van der Waals surface area contributed by atoms with Crippen LogP contribution in [0, 0.1) is 16.0 Å². The van der Waals surface area contributed by atoms with E-state index in [0.717, 1.165) is 12.8 Å². The molecule has 0 aromatic heterocycles. The van der Waals surface area contributed by atoms with Crippen molar-refractivity contribution in [1.29, 1.82) is 0 Å². The number of nitro benzene ring substituents is 1. The van der Waals surface area contributed by atoms with Gasteiger partial charge in [0.25, 0.3) is 5.69 Å². The predicted molar refractivity (Wildman–Crippen MR) is 59.9 cm³/mol. The highest BCUT2D eigenvalue weighted by Crippen LogP contribution is 2.30. The van der Waals surface area contributed by atoms with Crippen LogP contribution in [0.4, 0.5) is 5.69 Å². The zero-order valence-electron chi connectivity index (χ0n) is 8.63. The van der Waals surface area contributed by atoms with Crippen LogP contribution in [0.25, 0.3) is 6.08 Å². The van der Waals surface area contributed by atoms with E-state index < -0.39 is 4.92 Å². The summed E-state index contributed by atoms with van der Waals surface area (Å²) in [6.45, 7) is 0. The van der Waals surface area contributed by atoms with Crippen molar-refractivity contribution in [2.45, 2.75) is 12.8 Å². The van der Waals surface area contributed by atoms with Crippen LogP contribution in [-0.4, -0.2) is 10.7 Å². The lowest BCUT2D eigenvalue weighted by Crippen LogP contribution is -1.93. The molecule has 1 saturated carbocycles. The topological polar surface area (TPSA) is 60.2 Å². The summed E-state index contributed by atoms with van der Waals surface area (Å²) in [5.74, 6) is 0.307. The lowest BCUT2D eigenvalue weighted by Gasteiger charge is -1.94. The van der Waals surface area contributed by atoms with Gasteiger partial charge in [-0.2, -0.15) is 0 Å². The average Bonchev–Trinajstić information content (AvgIpc) is 3.10. The normalized spacial score (nSPS) is 15.2. The van der Waals surface area contributed by atoms with Gasteiger partial charge in [0.15, 0.2) is 5.78 Å². The van der Waals surface area contributed by atoms with Gasteiger partial charge in [-0.25, -0.2) is 0 Å². The van der Waals surface area contributed by atoms with Gasteiger partial charge in [-0.15, -0.1) is 0 Å². The summed E-state index contributed by atoms with van der Waals surface area (Å²) in [5, 5.41) is 10.5. The van der Waals surface area contributed by atoms with Crippen molar-refractivity contribution in [3.05, 3.63) is 46.0 Å². The lowest BCUT2D eigenvalue weighted by atomic mass is 10.1. The standard InChI is InChI=1S/C12H11NO3/c14-12(10-5-6-10)7-4-9-2-1-3-11(8-9)13(15)16/h1-4,7-8,10H,5-6H2/b7-4+. The van der Waals surface area contributed by atoms with Crippen LogP contribution in [0.1, 0.15) is 18.4 Å². The second-order valence-electron chi connectivity index (χ2n) is 3.86. The number of benzene rings is 1. The third kappa shape index (κ3) is 2.53. The molecule has 1 aliphatic carbocycles. The first-order chi connectivity index (χ1) is 7.66. The minimum absolute atomic E-state index is 0.0426. The monoisotopic (exact) mass is 217 g/mol. The average molecular weight is 217 g/mol. The third-order valence-corrected chi connectivity index (χ3v) is 2.50. The summed E-state index contributed by atoms with van der Waals surface area (Å²) in [6.07, 6.45) is 5.08. The van der Waals surface area contributed by atoms with Crippen molar-refractivity contribution in [2.75, 3.05) is 0 Å². The first-order valence-electron chi connectivity index (χ1n) is 5.13. The minimum Gasteiger partial charge on any atom is -0.295 e. The Balaban J connectivity index is 2.11. The molecule has 0 atom stereocenters. The van der Waals surface area contributed by atoms with Crippen molar-refractivity contribution in [3.8, 4) is 0 Å². The van der Waals surface area contributed by atoms with E-state index in [1.807, 2.05) is 0 Å². The van der Waals surface area contributed by atoms with E-state index in [0.29, 0.717) is 5.56 Å². The molecule has 1 aromatic rings. The number of nitrogens with zero attached hydrogens (tertiary/aromatic N) is 1. The van der Waals surface area contributed by atoms with Crippen molar-refractivity contribution in [1.82, 2.24) is 0 Å². The number of carbonyl (C=O) groups excluding carboxylic acids is 1. The van der Waals surface area contributed by atoms with Crippen LogP contribution < -0.4 is 0 Å². The SMILES string of the molecule is O=C(/C=C/c1cccc([N+](=O)[O-])c1)C1CC1. The van der Waals surface area contributed by atoms with Gasteiger partial charge in [0, 0.05) is 18.1 Å². The molecule has 1 aliphatic rings. The zero-order valence-corrected chi connectivity index (χ0v) is 8.63. The molecule has 2 rings (SSSR count). The highest BCUT2D eigenvalue weighted by molar-refractivity contribution is 5.96. The molecular weight excluding hydrogens is 206 g/mol. The molecule has 0 unspecified atom stereocenters. The summed E-state index contributed by atoms with van der Waals surface area (Å²) in [5.41, 5.74) is 0.726. The zero-order chi connectivity index (χ0) is 11.5. The molecule has 4 nitrogen and oxygen atoms in total. The van der Waals surface area contributed by atoms with Gasteiger partial charge in [0.05, 0.1) is 4.92 Å². The highest BCUT2D eigenvalue weighted by Gasteiger charge is 2.27. The van der Waals surface area contributed by atoms with Crippen LogP contribution in [0.3, 0.4) is 0 Å². The first-order valence-corrected chi connectivity index (χ1v) is 5.13. The van der Waals surface area contributed by atoms with Crippen LogP contribution >= 0.6 is 0 Å². The summed E-state index contributed by atoms with van der Waals surface area (Å²) < 4.78 is 0. The van der Waals surface area contributed by atoms with Crippen molar-refractivity contribution < 1.29 is 9.72 Å². The number of rotatable bonds is 4. The van der Waals surface area contributed by atoms with Gasteiger partial charge in [0.2, 0.25) is 0 Å². The van der Waals surface area contributed by atoms with E-state index >= 15 is 0 Å². The fraction of sp³-hybridized carbons (Fsp3) is 0.250.